The Morgan fingerprint density at radius 1 is 1.24 bits per heavy atom. The van der Waals surface area contributed by atoms with Crippen molar-refractivity contribution < 1.29 is 9.72 Å². The van der Waals surface area contributed by atoms with Crippen LogP contribution in [0.1, 0.15) is 15.9 Å². The molecule has 0 unspecified atom stereocenters. The molecule has 2 aromatic carbocycles. The van der Waals surface area contributed by atoms with Crippen molar-refractivity contribution in [2.75, 3.05) is 17.7 Å². The third-order valence-electron chi connectivity index (χ3n) is 3.17. The first-order valence-electron chi connectivity index (χ1n) is 6.29. The number of anilines is 2. The second kappa shape index (κ2) is 5.62. The van der Waals surface area contributed by atoms with Crippen LogP contribution in [0.2, 0.25) is 0 Å². The summed E-state index contributed by atoms with van der Waals surface area (Å²) >= 11 is 0. The van der Waals surface area contributed by atoms with Gasteiger partial charge in [-0.3, -0.25) is 14.9 Å². The Morgan fingerprint density at radius 2 is 1.90 bits per heavy atom. The largest absolute Gasteiger partial charge is 0.393 e. The molecule has 0 aliphatic heterocycles. The Hall–Kier alpha value is -2.89. The number of benzene rings is 2. The van der Waals surface area contributed by atoms with Crippen molar-refractivity contribution in [2.45, 2.75) is 6.92 Å². The van der Waals surface area contributed by atoms with Gasteiger partial charge in [0.25, 0.3) is 5.91 Å². The van der Waals surface area contributed by atoms with Crippen LogP contribution in [0.25, 0.3) is 0 Å². The molecule has 1 amide bonds. The predicted molar refractivity (Wildman–Crippen MR) is 81.4 cm³/mol. The number of amides is 1. The topological polar surface area (TPSA) is 89.5 Å². The summed E-state index contributed by atoms with van der Waals surface area (Å²) in [4.78, 5) is 24.4. The number of rotatable bonds is 3. The van der Waals surface area contributed by atoms with E-state index in [4.69, 9.17) is 5.73 Å². The number of nitro benzene ring substituents is 1. The third kappa shape index (κ3) is 2.84. The number of nitro groups is 1. The van der Waals surface area contributed by atoms with E-state index in [0.29, 0.717) is 5.69 Å². The Labute approximate surface area is 121 Å². The number of hydrogen-bond acceptors (Lipinski definition) is 4. The van der Waals surface area contributed by atoms with Gasteiger partial charge in [0, 0.05) is 12.7 Å². The van der Waals surface area contributed by atoms with Crippen LogP contribution in [0, 0.1) is 17.0 Å². The lowest BCUT2D eigenvalue weighted by Gasteiger charge is -2.18. The average Bonchev–Trinajstić information content (AvgIpc) is 2.45. The van der Waals surface area contributed by atoms with E-state index in [1.54, 1.807) is 13.1 Å². The monoisotopic (exact) mass is 285 g/mol. The molecule has 0 aromatic heterocycles. The van der Waals surface area contributed by atoms with Crippen molar-refractivity contribution in [3.8, 4) is 0 Å². The van der Waals surface area contributed by atoms with Gasteiger partial charge in [0.2, 0.25) is 0 Å². The maximum absolute atomic E-state index is 12.5. The molecule has 21 heavy (non-hydrogen) atoms. The van der Waals surface area contributed by atoms with Gasteiger partial charge >= 0.3 is 5.69 Å². The molecule has 0 aliphatic carbocycles. The van der Waals surface area contributed by atoms with Crippen molar-refractivity contribution in [2.24, 2.45) is 0 Å². The Kier molecular flexibility index (Phi) is 3.89. The minimum absolute atomic E-state index is 0.0241. The molecule has 0 fully saturated rings. The molecule has 0 aliphatic rings. The number of hydrogen-bond donors (Lipinski definition) is 1. The van der Waals surface area contributed by atoms with Gasteiger partial charge in [-0.2, -0.15) is 0 Å². The van der Waals surface area contributed by atoms with Crippen LogP contribution in [0.4, 0.5) is 17.1 Å². The van der Waals surface area contributed by atoms with Gasteiger partial charge < -0.3 is 10.6 Å². The van der Waals surface area contributed by atoms with Crippen LogP contribution < -0.4 is 10.6 Å². The number of para-hydroxylation sites is 1. The van der Waals surface area contributed by atoms with Gasteiger partial charge in [0.15, 0.2) is 0 Å². The summed E-state index contributed by atoms with van der Waals surface area (Å²) in [6.07, 6.45) is 0. The van der Waals surface area contributed by atoms with Gasteiger partial charge in [-0.15, -0.1) is 0 Å². The van der Waals surface area contributed by atoms with Gasteiger partial charge in [-0.05, 0) is 36.8 Å². The highest BCUT2D eigenvalue weighted by molar-refractivity contribution is 6.09. The highest BCUT2D eigenvalue weighted by Gasteiger charge is 2.25. The number of aryl methyl sites for hydroxylation is 1. The van der Waals surface area contributed by atoms with E-state index in [1.807, 2.05) is 25.1 Å². The van der Waals surface area contributed by atoms with Crippen molar-refractivity contribution in [1.29, 1.82) is 0 Å². The SMILES string of the molecule is Cc1cccc(N(C)C(=O)c2cccc(N)c2[N+](=O)[O-])c1. The molecule has 0 radical (unpaired) electrons. The Balaban J connectivity index is 2.45. The zero-order chi connectivity index (χ0) is 15.6. The molecule has 0 saturated heterocycles. The van der Waals surface area contributed by atoms with E-state index in [0.717, 1.165) is 5.56 Å². The summed E-state index contributed by atoms with van der Waals surface area (Å²) in [6.45, 7) is 1.91. The van der Waals surface area contributed by atoms with Crippen LogP contribution in [0.3, 0.4) is 0 Å². The Bertz CT molecular complexity index is 713. The quantitative estimate of drug-likeness (QED) is 0.533. The highest BCUT2D eigenvalue weighted by atomic mass is 16.6. The standard InChI is InChI=1S/C15H15N3O3/c1-10-5-3-6-11(9-10)17(2)15(19)12-7-4-8-13(16)14(12)18(20)21/h3-9H,16H2,1-2H3. The summed E-state index contributed by atoms with van der Waals surface area (Å²) < 4.78 is 0. The van der Waals surface area contributed by atoms with Crippen molar-refractivity contribution in [3.05, 3.63) is 63.7 Å². The average molecular weight is 285 g/mol. The number of nitrogens with two attached hydrogens (primary N) is 1. The molecule has 2 N–H and O–H groups in total. The molecular formula is C15H15N3O3. The predicted octanol–water partition coefficient (Wildman–Crippen LogP) is 2.76. The maximum Gasteiger partial charge on any atom is 0.304 e. The molecule has 0 heterocycles. The highest BCUT2D eigenvalue weighted by Crippen LogP contribution is 2.28. The molecule has 6 heteroatoms. The summed E-state index contributed by atoms with van der Waals surface area (Å²) in [5, 5.41) is 11.1. The third-order valence-corrected chi connectivity index (χ3v) is 3.17. The summed E-state index contributed by atoms with van der Waals surface area (Å²) in [5.41, 5.74) is 6.86. The molecule has 2 aromatic rings. The first-order valence-corrected chi connectivity index (χ1v) is 6.29. The van der Waals surface area contributed by atoms with Crippen LogP contribution in [0.5, 0.6) is 0 Å². The lowest BCUT2D eigenvalue weighted by atomic mass is 10.1. The molecule has 108 valence electrons. The zero-order valence-corrected chi connectivity index (χ0v) is 11.7. The lowest BCUT2D eigenvalue weighted by molar-refractivity contribution is -0.384. The van der Waals surface area contributed by atoms with Gasteiger partial charge in [0.1, 0.15) is 11.3 Å². The normalized spacial score (nSPS) is 10.2. The van der Waals surface area contributed by atoms with E-state index in [-0.39, 0.29) is 16.9 Å². The summed E-state index contributed by atoms with van der Waals surface area (Å²) in [7, 11) is 1.57. The van der Waals surface area contributed by atoms with E-state index in [9.17, 15) is 14.9 Å². The zero-order valence-electron chi connectivity index (χ0n) is 11.7. The van der Waals surface area contributed by atoms with E-state index >= 15 is 0 Å². The van der Waals surface area contributed by atoms with E-state index in [1.165, 1.54) is 23.1 Å². The van der Waals surface area contributed by atoms with Crippen molar-refractivity contribution in [3.63, 3.8) is 0 Å². The second-order valence-electron chi connectivity index (χ2n) is 4.70. The van der Waals surface area contributed by atoms with Crippen LogP contribution in [0.15, 0.2) is 42.5 Å². The number of carbonyl (C=O) groups excluding carboxylic acids is 1. The number of nitrogens with zero attached hydrogens (tertiary/aromatic N) is 2. The Morgan fingerprint density at radius 3 is 2.52 bits per heavy atom. The fourth-order valence-corrected chi connectivity index (χ4v) is 2.07. The number of nitrogen functional groups attached to an aromatic ring is 1. The molecule has 0 saturated carbocycles. The molecule has 0 bridgehead atoms. The van der Waals surface area contributed by atoms with Crippen LogP contribution in [-0.4, -0.2) is 17.9 Å². The molecule has 0 atom stereocenters. The smallest absolute Gasteiger partial charge is 0.304 e. The van der Waals surface area contributed by atoms with Gasteiger partial charge in [-0.1, -0.05) is 18.2 Å². The van der Waals surface area contributed by atoms with E-state index < -0.39 is 10.8 Å². The van der Waals surface area contributed by atoms with E-state index in [2.05, 4.69) is 0 Å². The molecule has 6 nitrogen and oxygen atoms in total. The minimum atomic E-state index is -0.632. The molecular weight excluding hydrogens is 270 g/mol. The molecule has 2 rings (SSSR count). The van der Waals surface area contributed by atoms with Crippen LogP contribution in [-0.2, 0) is 0 Å². The number of carbonyl (C=O) groups is 1. The van der Waals surface area contributed by atoms with Gasteiger partial charge in [-0.25, -0.2) is 0 Å². The lowest BCUT2D eigenvalue weighted by Crippen LogP contribution is -2.27. The first-order chi connectivity index (χ1) is 9.91. The second-order valence-corrected chi connectivity index (χ2v) is 4.70. The fraction of sp³-hybridized carbons (Fsp3) is 0.133. The molecule has 0 spiro atoms. The van der Waals surface area contributed by atoms with Crippen LogP contribution >= 0.6 is 0 Å². The minimum Gasteiger partial charge on any atom is -0.393 e. The maximum atomic E-state index is 12.5. The van der Waals surface area contributed by atoms with Gasteiger partial charge in [0.05, 0.1) is 4.92 Å². The first kappa shape index (κ1) is 14.5. The summed E-state index contributed by atoms with van der Waals surface area (Å²) in [5.74, 6) is -0.473. The fourth-order valence-electron chi connectivity index (χ4n) is 2.07. The van der Waals surface area contributed by atoms with Crippen molar-refractivity contribution in [1.82, 2.24) is 0 Å². The van der Waals surface area contributed by atoms with Crippen molar-refractivity contribution >= 4 is 23.0 Å². The summed E-state index contributed by atoms with van der Waals surface area (Å²) in [6, 6.07) is 11.7.